The Morgan fingerprint density at radius 1 is 1.00 bits per heavy atom. The van der Waals surface area contributed by atoms with Crippen LogP contribution in [-0.4, -0.2) is 58.9 Å². The summed E-state index contributed by atoms with van der Waals surface area (Å²) in [6.45, 7) is 10.2. The summed E-state index contributed by atoms with van der Waals surface area (Å²) < 4.78 is 22.3. The molecule has 2 heterocycles. The molecule has 4 aromatic rings. The predicted molar refractivity (Wildman–Crippen MR) is 167 cm³/mol. The maximum atomic E-state index is 13.1. The number of nitrogens with one attached hydrogen (secondary N) is 1. The Morgan fingerprint density at radius 3 is 2.41 bits per heavy atom. The molecule has 0 aliphatic carbocycles. The molecule has 1 aromatic heterocycles. The molecule has 0 saturated carbocycles. The van der Waals surface area contributed by atoms with E-state index in [1.54, 1.807) is 49.3 Å². The number of nitrogens with zero attached hydrogens (tertiary/aromatic N) is 3. The van der Waals surface area contributed by atoms with E-state index in [9.17, 15) is 9.59 Å². The highest BCUT2D eigenvalue weighted by Gasteiger charge is 2.32. The normalized spacial score (nSPS) is 14.8. The number of hydrogen-bond acceptors (Lipinski definition) is 8. The number of ether oxygens (including phenoxy) is 3. The molecule has 230 valence electrons. The van der Waals surface area contributed by atoms with Crippen molar-refractivity contribution in [3.63, 3.8) is 0 Å². The van der Waals surface area contributed by atoms with E-state index in [1.165, 1.54) is 0 Å². The molecule has 1 N–H and O–H groups in total. The smallest absolute Gasteiger partial charge is 0.410 e. The lowest BCUT2D eigenvalue weighted by Gasteiger charge is -2.28. The Bertz CT molecular complexity index is 1640. The summed E-state index contributed by atoms with van der Waals surface area (Å²) in [5.74, 6) is 1.83. The Hall–Kier alpha value is -4.86. The summed E-state index contributed by atoms with van der Waals surface area (Å²) in [5, 5.41) is 6.94. The van der Waals surface area contributed by atoms with E-state index in [2.05, 4.69) is 15.5 Å². The molecule has 10 nitrogen and oxygen atoms in total. The average Bonchev–Trinajstić information content (AvgIpc) is 3.64. The van der Waals surface area contributed by atoms with Crippen molar-refractivity contribution in [1.29, 1.82) is 0 Å². The summed E-state index contributed by atoms with van der Waals surface area (Å²) in [7, 11) is 1.56. The van der Waals surface area contributed by atoms with Crippen LogP contribution in [0.2, 0.25) is 0 Å². The van der Waals surface area contributed by atoms with Gasteiger partial charge in [-0.3, -0.25) is 4.79 Å². The number of aryl methyl sites for hydroxylation is 2. The molecule has 0 radical (unpaired) electrons. The second kappa shape index (κ2) is 12.8. The average molecular weight is 599 g/mol. The van der Waals surface area contributed by atoms with Gasteiger partial charge in [0.15, 0.2) is 11.5 Å². The lowest BCUT2D eigenvalue weighted by molar-refractivity contribution is 0.0186. The standard InChI is InChI=1S/C34H38N4O6/c1-21-18-25(31-35-22(2)44-37-31)13-15-28(21)23-9-11-24(12-10-23)32(39)36-26-14-16-29(41-6)30(19-26)42-20-27-8-7-17-38(27)33(40)43-34(3,4)5/h9-16,18-19,27H,7-8,17,20H2,1-6H3,(H,36,39). The van der Waals surface area contributed by atoms with Gasteiger partial charge in [0.25, 0.3) is 5.91 Å². The maximum absolute atomic E-state index is 13.1. The number of likely N-dealkylation sites (tertiary alicyclic amines) is 1. The zero-order chi connectivity index (χ0) is 31.4. The third kappa shape index (κ3) is 7.19. The lowest BCUT2D eigenvalue weighted by Crippen LogP contribution is -2.42. The van der Waals surface area contributed by atoms with E-state index in [4.69, 9.17) is 18.7 Å². The van der Waals surface area contributed by atoms with Crippen molar-refractivity contribution in [1.82, 2.24) is 15.0 Å². The van der Waals surface area contributed by atoms with E-state index >= 15 is 0 Å². The Kier molecular flexibility index (Phi) is 8.89. The fourth-order valence-corrected chi connectivity index (χ4v) is 5.17. The van der Waals surface area contributed by atoms with Crippen molar-refractivity contribution in [2.75, 3.05) is 25.6 Å². The molecule has 1 saturated heterocycles. The van der Waals surface area contributed by atoms with Crippen LogP contribution in [0.25, 0.3) is 22.5 Å². The van der Waals surface area contributed by atoms with Crippen LogP contribution in [0.5, 0.6) is 11.5 Å². The Balaban J connectivity index is 1.24. The Labute approximate surface area is 257 Å². The van der Waals surface area contributed by atoms with Gasteiger partial charge in [0, 0.05) is 36.3 Å². The van der Waals surface area contributed by atoms with Gasteiger partial charge in [-0.15, -0.1) is 0 Å². The number of carbonyl (C=O) groups excluding carboxylic acids is 2. The topological polar surface area (TPSA) is 116 Å². The number of anilines is 1. The Morgan fingerprint density at radius 2 is 1.75 bits per heavy atom. The van der Waals surface area contributed by atoms with Crippen LogP contribution < -0.4 is 14.8 Å². The van der Waals surface area contributed by atoms with Gasteiger partial charge < -0.3 is 29.0 Å². The van der Waals surface area contributed by atoms with Gasteiger partial charge in [0.1, 0.15) is 12.2 Å². The first-order valence-corrected chi connectivity index (χ1v) is 14.6. The zero-order valence-corrected chi connectivity index (χ0v) is 26.0. The third-order valence-electron chi connectivity index (χ3n) is 7.33. The minimum Gasteiger partial charge on any atom is -0.493 e. The van der Waals surface area contributed by atoms with Crippen LogP contribution >= 0.6 is 0 Å². The molecule has 5 rings (SSSR count). The molecule has 2 amide bonds. The molecule has 1 fully saturated rings. The molecule has 0 spiro atoms. The first kappa shape index (κ1) is 30.6. The number of hydrogen-bond donors (Lipinski definition) is 1. The molecule has 1 unspecified atom stereocenters. The fourth-order valence-electron chi connectivity index (χ4n) is 5.17. The third-order valence-corrected chi connectivity index (χ3v) is 7.33. The number of benzene rings is 3. The number of methoxy groups -OCH3 is 1. The summed E-state index contributed by atoms with van der Waals surface area (Å²) in [6.07, 6.45) is 1.36. The highest BCUT2D eigenvalue weighted by Crippen LogP contribution is 2.32. The fraction of sp³-hybridized carbons (Fsp3) is 0.353. The SMILES string of the molecule is COc1ccc(NC(=O)c2ccc(-c3ccc(-c4noc(C)n4)cc3C)cc2)cc1OCC1CCCN1C(=O)OC(C)(C)C. The second-order valence-electron chi connectivity index (χ2n) is 11.8. The van der Waals surface area contributed by atoms with E-state index in [0.29, 0.717) is 41.0 Å². The van der Waals surface area contributed by atoms with Gasteiger partial charge in [-0.25, -0.2) is 4.79 Å². The molecular formula is C34H38N4O6. The number of carbonyl (C=O) groups is 2. The summed E-state index contributed by atoms with van der Waals surface area (Å²) in [5.41, 5.74) is 4.48. The van der Waals surface area contributed by atoms with Crippen LogP contribution in [0.4, 0.5) is 10.5 Å². The summed E-state index contributed by atoms with van der Waals surface area (Å²) in [4.78, 5) is 31.8. The second-order valence-corrected chi connectivity index (χ2v) is 11.8. The zero-order valence-electron chi connectivity index (χ0n) is 26.0. The molecular weight excluding hydrogens is 560 g/mol. The van der Waals surface area contributed by atoms with E-state index in [1.807, 2.05) is 58.0 Å². The van der Waals surface area contributed by atoms with Gasteiger partial charge >= 0.3 is 6.09 Å². The van der Waals surface area contributed by atoms with Crippen LogP contribution in [0, 0.1) is 13.8 Å². The quantitative estimate of drug-likeness (QED) is 0.229. The van der Waals surface area contributed by atoms with Crippen LogP contribution in [0.15, 0.2) is 65.2 Å². The number of aromatic nitrogens is 2. The maximum Gasteiger partial charge on any atom is 0.410 e. The molecule has 0 bridgehead atoms. The van der Waals surface area contributed by atoms with E-state index in [0.717, 1.165) is 35.1 Å². The predicted octanol–water partition coefficient (Wildman–Crippen LogP) is 7.06. The van der Waals surface area contributed by atoms with Gasteiger partial charge in [-0.2, -0.15) is 4.98 Å². The molecule has 3 aromatic carbocycles. The van der Waals surface area contributed by atoms with Crippen LogP contribution in [0.1, 0.15) is 55.4 Å². The first-order valence-electron chi connectivity index (χ1n) is 14.6. The van der Waals surface area contributed by atoms with Gasteiger partial charge in [0.05, 0.1) is 13.2 Å². The van der Waals surface area contributed by atoms with Crippen molar-refractivity contribution >= 4 is 17.7 Å². The first-order chi connectivity index (χ1) is 21.0. The summed E-state index contributed by atoms with van der Waals surface area (Å²) in [6, 6.07) is 18.6. The van der Waals surface area contributed by atoms with Crippen LogP contribution in [-0.2, 0) is 4.74 Å². The van der Waals surface area contributed by atoms with Crippen molar-refractivity contribution in [3.8, 4) is 34.0 Å². The van der Waals surface area contributed by atoms with E-state index < -0.39 is 5.60 Å². The molecule has 1 aliphatic rings. The van der Waals surface area contributed by atoms with Gasteiger partial charge in [-0.1, -0.05) is 29.4 Å². The largest absolute Gasteiger partial charge is 0.493 e. The lowest BCUT2D eigenvalue weighted by atomic mass is 9.97. The highest BCUT2D eigenvalue weighted by atomic mass is 16.6. The highest BCUT2D eigenvalue weighted by molar-refractivity contribution is 6.04. The molecule has 44 heavy (non-hydrogen) atoms. The van der Waals surface area contributed by atoms with E-state index in [-0.39, 0.29) is 24.6 Å². The number of rotatable bonds is 8. The molecule has 10 heteroatoms. The van der Waals surface area contributed by atoms with Gasteiger partial charge in [0.2, 0.25) is 11.7 Å². The summed E-state index contributed by atoms with van der Waals surface area (Å²) >= 11 is 0. The minimum atomic E-state index is -0.568. The van der Waals surface area contributed by atoms with Crippen molar-refractivity contribution in [3.05, 3.63) is 77.7 Å². The molecule has 1 aliphatic heterocycles. The van der Waals surface area contributed by atoms with Crippen LogP contribution in [0.3, 0.4) is 0 Å². The van der Waals surface area contributed by atoms with Crippen molar-refractivity contribution in [2.45, 2.75) is 59.1 Å². The molecule has 1 atom stereocenters. The minimum absolute atomic E-state index is 0.116. The monoisotopic (exact) mass is 598 g/mol. The number of amides is 2. The van der Waals surface area contributed by atoms with Gasteiger partial charge in [-0.05, 0) is 87.6 Å². The van der Waals surface area contributed by atoms with Crippen molar-refractivity contribution < 1.29 is 28.3 Å². The van der Waals surface area contributed by atoms with Crippen molar-refractivity contribution in [2.24, 2.45) is 0 Å².